The Hall–Kier alpha value is -0.660. The molecule has 3 aromatic rings. The summed E-state index contributed by atoms with van der Waals surface area (Å²) >= 11 is 9.40. The summed E-state index contributed by atoms with van der Waals surface area (Å²) in [6, 6.07) is 8.49. The number of aromatic amines is 1. The lowest BCUT2D eigenvalue weighted by molar-refractivity contribution is 0.813. The lowest BCUT2D eigenvalue weighted by atomic mass is 10.3. The van der Waals surface area contributed by atoms with E-state index in [0.29, 0.717) is 0 Å². The van der Waals surface area contributed by atoms with Crippen LogP contribution >= 0.6 is 46.1 Å². The van der Waals surface area contributed by atoms with Crippen molar-refractivity contribution < 1.29 is 0 Å². The molecule has 2 aromatic heterocycles. The molecular weight excluding hydrogens is 363 g/mol. The second-order valence-corrected chi connectivity index (χ2v) is 6.22. The summed E-state index contributed by atoms with van der Waals surface area (Å²) in [7, 11) is 0. The number of rotatable bonds is 2. The molecule has 1 aromatic carbocycles. The van der Waals surface area contributed by atoms with Crippen LogP contribution in [0.4, 0.5) is 0 Å². The summed E-state index contributed by atoms with van der Waals surface area (Å²) in [4.78, 5) is 3.26. The van der Waals surface area contributed by atoms with Gasteiger partial charge in [-0.25, -0.2) is 0 Å². The molecule has 86 valence electrons. The van der Waals surface area contributed by atoms with E-state index in [1.807, 2.05) is 0 Å². The molecule has 0 saturated heterocycles. The number of hydrogen-bond donors (Lipinski definition) is 1. The predicted molar refractivity (Wildman–Crippen MR) is 83.3 cm³/mol. The average molecular weight is 372 g/mol. The molecule has 0 radical (unpaired) electrons. The maximum atomic E-state index is 5.38. The first kappa shape index (κ1) is 11.4. The molecule has 0 fully saturated rings. The van der Waals surface area contributed by atoms with E-state index in [1.54, 1.807) is 11.3 Å². The Morgan fingerprint density at radius 2 is 2.24 bits per heavy atom. The highest BCUT2D eigenvalue weighted by atomic mass is 127. The lowest BCUT2D eigenvalue weighted by Crippen LogP contribution is -1.98. The highest BCUT2D eigenvalue weighted by Gasteiger charge is 2.05. The van der Waals surface area contributed by atoms with Gasteiger partial charge in [0.2, 0.25) is 0 Å². The van der Waals surface area contributed by atoms with E-state index in [2.05, 4.69) is 67.2 Å². The van der Waals surface area contributed by atoms with Gasteiger partial charge in [0, 0.05) is 3.57 Å². The Kier molecular flexibility index (Phi) is 3.06. The summed E-state index contributed by atoms with van der Waals surface area (Å²) < 4.78 is 4.14. The number of nitrogens with zero attached hydrogens (tertiary/aromatic N) is 1. The molecule has 2 nitrogen and oxygen atoms in total. The second-order valence-electron chi connectivity index (χ2n) is 3.81. The van der Waals surface area contributed by atoms with Crippen LogP contribution in [-0.4, -0.2) is 9.55 Å². The number of nitrogens with one attached hydrogen (secondary N) is 1. The van der Waals surface area contributed by atoms with Gasteiger partial charge < -0.3 is 9.55 Å². The zero-order valence-electron chi connectivity index (χ0n) is 8.81. The summed E-state index contributed by atoms with van der Waals surface area (Å²) in [6.07, 6.45) is 0. The zero-order chi connectivity index (χ0) is 11.8. The number of fused-ring (bicyclic) bond motifs is 1. The maximum Gasteiger partial charge on any atom is 0.178 e. The molecule has 2 heterocycles. The third-order valence-corrected chi connectivity index (χ3v) is 4.38. The van der Waals surface area contributed by atoms with E-state index in [1.165, 1.54) is 14.7 Å². The smallest absolute Gasteiger partial charge is 0.178 e. The monoisotopic (exact) mass is 372 g/mol. The predicted octanol–water partition coefficient (Wildman–Crippen LogP) is 4.41. The SMILES string of the molecule is S=c1[nH]c2cc(I)ccc2n1Cc1ccsc1. The fourth-order valence-electron chi connectivity index (χ4n) is 1.86. The highest BCUT2D eigenvalue weighted by molar-refractivity contribution is 14.1. The minimum absolute atomic E-state index is 0.785. The van der Waals surface area contributed by atoms with E-state index < -0.39 is 0 Å². The molecule has 0 aliphatic carbocycles. The van der Waals surface area contributed by atoms with Crippen molar-refractivity contribution in [2.75, 3.05) is 0 Å². The van der Waals surface area contributed by atoms with Crippen LogP contribution < -0.4 is 0 Å². The third-order valence-electron chi connectivity index (χ3n) is 2.66. The second kappa shape index (κ2) is 4.55. The number of hydrogen-bond acceptors (Lipinski definition) is 2. The Morgan fingerprint density at radius 1 is 1.35 bits per heavy atom. The average Bonchev–Trinajstić information content (AvgIpc) is 2.88. The summed E-state index contributed by atoms with van der Waals surface area (Å²) in [5, 5.41) is 4.25. The molecule has 1 N–H and O–H groups in total. The normalized spacial score (nSPS) is 11.1. The van der Waals surface area contributed by atoms with Crippen molar-refractivity contribution in [2.24, 2.45) is 0 Å². The van der Waals surface area contributed by atoms with Crippen LogP contribution in [0.1, 0.15) is 5.56 Å². The largest absolute Gasteiger partial charge is 0.331 e. The Labute approximate surface area is 121 Å². The van der Waals surface area contributed by atoms with Crippen molar-refractivity contribution in [2.45, 2.75) is 6.54 Å². The van der Waals surface area contributed by atoms with E-state index in [-0.39, 0.29) is 0 Å². The van der Waals surface area contributed by atoms with Crippen LogP contribution in [0.25, 0.3) is 11.0 Å². The minimum Gasteiger partial charge on any atom is -0.331 e. The molecule has 0 atom stereocenters. The zero-order valence-corrected chi connectivity index (χ0v) is 12.6. The van der Waals surface area contributed by atoms with Gasteiger partial charge in [0.25, 0.3) is 0 Å². The van der Waals surface area contributed by atoms with Crippen molar-refractivity contribution in [3.63, 3.8) is 0 Å². The number of benzene rings is 1. The molecule has 0 aliphatic rings. The third kappa shape index (κ3) is 2.19. The molecule has 5 heteroatoms. The number of H-pyrrole nitrogens is 1. The molecule has 17 heavy (non-hydrogen) atoms. The number of imidazole rings is 1. The van der Waals surface area contributed by atoms with Crippen LogP contribution in [0.2, 0.25) is 0 Å². The summed E-state index contributed by atoms with van der Waals surface area (Å²) in [5.74, 6) is 0. The van der Waals surface area contributed by atoms with Crippen molar-refractivity contribution >= 4 is 57.2 Å². The van der Waals surface area contributed by atoms with Gasteiger partial charge in [0.05, 0.1) is 17.6 Å². The van der Waals surface area contributed by atoms with Gasteiger partial charge in [0.1, 0.15) is 0 Å². The standard InChI is InChI=1S/C12H9IN2S2/c13-9-1-2-11-10(5-9)14-12(16)15(11)6-8-3-4-17-7-8/h1-5,7H,6H2,(H,14,16). The number of halogens is 1. The lowest BCUT2D eigenvalue weighted by Gasteiger charge is -2.02. The highest BCUT2D eigenvalue weighted by Crippen LogP contribution is 2.19. The maximum absolute atomic E-state index is 5.38. The molecule has 0 bridgehead atoms. The molecule has 0 aliphatic heterocycles. The molecule has 3 rings (SSSR count). The quantitative estimate of drug-likeness (QED) is 0.522. The van der Waals surface area contributed by atoms with Gasteiger partial charge in [0.15, 0.2) is 4.77 Å². The fraction of sp³-hybridized carbons (Fsp3) is 0.0833. The first-order valence-corrected chi connectivity index (χ1v) is 7.56. The van der Waals surface area contributed by atoms with Crippen LogP contribution in [0.3, 0.4) is 0 Å². The summed E-state index contributed by atoms with van der Waals surface area (Å²) in [6.45, 7) is 0.836. The van der Waals surface area contributed by atoms with Crippen molar-refractivity contribution in [1.29, 1.82) is 0 Å². The topological polar surface area (TPSA) is 20.7 Å². The Balaban J connectivity index is 2.16. The molecule has 0 saturated carbocycles. The van der Waals surface area contributed by atoms with Gasteiger partial charge >= 0.3 is 0 Å². The van der Waals surface area contributed by atoms with E-state index in [4.69, 9.17) is 12.2 Å². The van der Waals surface area contributed by atoms with Gasteiger partial charge in [-0.1, -0.05) is 0 Å². The van der Waals surface area contributed by atoms with Crippen molar-refractivity contribution in [1.82, 2.24) is 9.55 Å². The first-order valence-electron chi connectivity index (χ1n) is 5.13. The van der Waals surface area contributed by atoms with Crippen LogP contribution in [0.15, 0.2) is 35.0 Å². The fourth-order valence-corrected chi connectivity index (χ4v) is 3.28. The van der Waals surface area contributed by atoms with Crippen molar-refractivity contribution in [3.05, 3.63) is 48.9 Å². The summed E-state index contributed by atoms with van der Waals surface area (Å²) in [5.41, 5.74) is 3.57. The molecular formula is C12H9IN2S2. The van der Waals surface area contributed by atoms with E-state index in [9.17, 15) is 0 Å². The molecule has 0 unspecified atom stereocenters. The van der Waals surface area contributed by atoms with E-state index >= 15 is 0 Å². The van der Waals surface area contributed by atoms with E-state index in [0.717, 1.165) is 16.8 Å². The molecule has 0 spiro atoms. The van der Waals surface area contributed by atoms with Crippen LogP contribution in [-0.2, 0) is 6.54 Å². The minimum atomic E-state index is 0.785. The van der Waals surface area contributed by atoms with Gasteiger partial charge in [-0.15, -0.1) is 0 Å². The van der Waals surface area contributed by atoms with Crippen molar-refractivity contribution in [3.8, 4) is 0 Å². The molecule has 0 amide bonds. The van der Waals surface area contributed by atoms with Crippen LogP contribution in [0.5, 0.6) is 0 Å². The Morgan fingerprint density at radius 3 is 3.00 bits per heavy atom. The van der Waals surface area contributed by atoms with Gasteiger partial charge in [-0.3, -0.25) is 0 Å². The number of thiophene rings is 1. The first-order chi connectivity index (χ1) is 8.24. The number of aromatic nitrogens is 2. The van der Waals surface area contributed by atoms with Gasteiger partial charge in [-0.05, 0) is 75.4 Å². The Bertz CT molecular complexity index is 710. The van der Waals surface area contributed by atoms with Crippen LogP contribution in [0, 0.1) is 8.34 Å². The van der Waals surface area contributed by atoms with Gasteiger partial charge in [-0.2, -0.15) is 11.3 Å².